The summed E-state index contributed by atoms with van der Waals surface area (Å²) in [5.74, 6) is 0.569. The number of nitrogens with two attached hydrogens (primary N) is 2. The summed E-state index contributed by atoms with van der Waals surface area (Å²) in [6, 6.07) is 7.85. The van der Waals surface area contributed by atoms with Crippen molar-refractivity contribution in [2.75, 3.05) is 18.1 Å². The molecule has 3 heterocycles. The highest BCUT2D eigenvalue weighted by atomic mass is 16.5. The molecule has 0 spiro atoms. The fraction of sp³-hybridized carbons (Fsp3) is 0.312. The van der Waals surface area contributed by atoms with Crippen LogP contribution in [0.4, 0.5) is 11.8 Å². The van der Waals surface area contributed by atoms with Gasteiger partial charge >= 0.3 is 0 Å². The first-order valence-electron chi connectivity index (χ1n) is 7.70. The van der Waals surface area contributed by atoms with Gasteiger partial charge in [0.15, 0.2) is 6.23 Å². The van der Waals surface area contributed by atoms with Crippen LogP contribution in [-0.2, 0) is 4.74 Å². The topological polar surface area (TPSA) is 105 Å². The monoisotopic (exact) mass is 310 g/mol. The van der Waals surface area contributed by atoms with Crippen molar-refractivity contribution >= 4 is 22.7 Å². The van der Waals surface area contributed by atoms with Gasteiger partial charge in [-0.2, -0.15) is 10.1 Å². The van der Waals surface area contributed by atoms with Crippen molar-refractivity contribution in [3.05, 3.63) is 30.5 Å². The highest BCUT2D eigenvalue weighted by Gasteiger charge is 2.19. The maximum Gasteiger partial charge on any atom is 0.222 e. The SMILES string of the molecule is Nc1nc(N)c2ccc(-c3ccnn3C3CCCCO3)cc2n1. The average Bonchev–Trinajstić information content (AvgIpc) is 3.04. The third-order valence-electron chi connectivity index (χ3n) is 4.14. The van der Waals surface area contributed by atoms with E-state index in [9.17, 15) is 0 Å². The Morgan fingerprint density at radius 1 is 1.13 bits per heavy atom. The van der Waals surface area contributed by atoms with E-state index in [-0.39, 0.29) is 12.2 Å². The Bertz CT molecular complexity index is 853. The maximum atomic E-state index is 5.90. The second-order valence-electron chi connectivity index (χ2n) is 5.68. The number of fused-ring (bicyclic) bond motifs is 1. The first-order chi connectivity index (χ1) is 11.2. The molecule has 7 nitrogen and oxygen atoms in total. The third-order valence-corrected chi connectivity index (χ3v) is 4.14. The second-order valence-corrected chi connectivity index (χ2v) is 5.68. The zero-order chi connectivity index (χ0) is 15.8. The van der Waals surface area contributed by atoms with Gasteiger partial charge < -0.3 is 16.2 Å². The molecule has 0 aliphatic carbocycles. The van der Waals surface area contributed by atoms with Gasteiger partial charge in [0, 0.05) is 23.8 Å². The number of ether oxygens (including phenoxy) is 1. The van der Waals surface area contributed by atoms with Crippen LogP contribution >= 0.6 is 0 Å². The van der Waals surface area contributed by atoms with Crippen LogP contribution in [0, 0.1) is 0 Å². The van der Waals surface area contributed by atoms with E-state index in [1.165, 1.54) is 0 Å². The van der Waals surface area contributed by atoms with Gasteiger partial charge in [-0.15, -0.1) is 0 Å². The average molecular weight is 310 g/mol. The Labute approximate surface area is 133 Å². The Kier molecular flexibility index (Phi) is 3.34. The predicted molar refractivity (Wildman–Crippen MR) is 88.4 cm³/mol. The lowest BCUT2D eigenvalue weighted by Crippen LogP contribution is -2.19. The highest BCUT2D eigenvalue weighted by Crippen LogP contribution is 2.30. The fourth-order valence-corrected chi connectivity index (χ4v) is 3.02. The number of hydrogen-bond donors (Lipinski definition) is 2. The van der Waals surface area contributed by atoms with E-state index in [0.29, 0.717) is 5.82 Å². The van der Waals surface area contributed by atoms with Gasteiger partial charge in [-0.25, -0.2) is 9.67 Å². The van der Waals surface area contributed by atoms with E-state index in [2.05, 4.69) is 15.1 Å². The number of rotatable bonds is 2. The van der Waals surface area contributed by atoms with Crippen molar-refractivity contribution in [2.24, 2.45) is 0 Å². The highest BCUT2D eigenvalue weighted by molar-refractivity contribution is 5.91. The van der Waals surface area contributed by atoms with Gasteiger partial charge in [0.25, 0.3) is 0 Å². The number of benzene rings is 1. The van der Waals surface area contributed by atoms with Crippen molar-refractivity contribution < 1.29 is 4.74 Å². The molecule has 0 bridgehead atoms. The predicted octanol–water partition coefficient (Wildman–Crippen LogP) is 2.36. The van der Waals surface area contributed by atoms with E-state index < -0.39 is 0 Å². The molecular formula is C16H18N6O. The van der Waals surface area contributed by atoms with Crippen LogP contribution in [0.1, 0.15) is 25.5 Å². The summed E-state index contributed by atoms with van der Waals surface area (Å²) in [6.45, 7) is 0.780. The molecule has 4 rings (SSSR count). The Hall–Kier alpha value is -2.67. The molecule has 1 aliphatic rings. The van der Waals surface area contributed by atoms with E-state index in [1.54, 1.807) is 6.20 Å². The lowest BCUT2D eigenvalue weighted by atomic mass is 10.1. The van der Waals surface area contributed by atoms with Gasteiger partial charge in [-0.3, -0.25) is 0 Å². The molecular weight excluding hydrogens is 292 g/mol. The normalized spacial score (nSPS) is 18.3. The molecule has 1 fully saturated rings. The number of nitrogen functional groups attached to an aromatic ring is 2. The van der Waals surface area contributed by atoms with E-state index in [4.69, 9.17) is 16.2 Å². The van der Waals surface area contributed by atoms with Gasteiger partial charge in [0.1, 0.15) is 5.82 Å². The molecule has 3 aromatic rings. The van der Waals surface area contributed by atoms with Gasteiger partial charge in [-0.05, 0) is 37.5 Å². The molecule has 0 radical (unpaired) electrons. The summed E-state index contributed by atoms with van der Waals surface area (Å²) in [7, 11) is 0. The summed E-state index contributed by atoms with van der Waals surface area (Å²) < 4.78 is 7.78. The minimum atomic E-state index is -0.00927. The Morgan fingerprint density at radius 3 is 2.87 bits per heavy atom. The second kappa shape index (κ2) is 5.51. The zero-order valence-electron chi connectivity index (χ0n) is 12.6. The van der Waals surface area contributed by atoms with Crippen molar-refractivity contribution in [1.82, 2.24) is 19.7 Å². The smallest absolute Gasteiger partial charge is 0.222 e. The molecule has 2 aromatic heterocycles. The first-order valence-corrected chi connectivity index (χ1v) is 7.70. The van der Waals surface area contributed by atoms with Crippen molar-refractivity contribution in [3.8, 4) is 11.3 Å². The molecule has 23 heavy (non-hydrogen) atoms. The van der Waals surface area contributed by atoms with Gasteiger partial charge in [0.05, 0.1) is 11.2 Å². The minimum Gasteiger partial charge on any atom is -0.383 e. The van der Waals surface area contributed by atoms with Crippen LogP contribution in [0.5, 0.6) is 0 Å². The molecule has 1 aliphatic heterocycles. The molecule has 7 heteroatoms. The molecule has 1 saturated heterocycles. The van der Waals surface area contributed by atoms with Crippen LogP contribution in [0.3, 0.4) is 0 Å². The number of nitrogens with zero attached hydrogens (tertiary/aromatic N) is 4. The molecule has 1 unspecified atom stereocenters. The zero-order valence-corrected chi connectivity index (χ0v) is 12.6. The molecule has 0 amide bonds. The van der Waals surface area contributed by atoms with E-state index >= 15 is 0 Å². The molecule has 4 N–H and O–H groups in total. The number of anilines is 2. The van der Waals surface area contributed by atoms with Crippen molar-refractivity contribution in [3.63, 3.8) is 0 Å². The van der Waals surface area contributed by atoms with E-state index in [1.807, 2.05) is 28.9 Å². The lowest BCUT2D eigenvalue weighted by Gasteiger charge is -2.24. The summed E-state index contributed by atoms with van der Waals surface area (Å²) in [4.78, 5) is 8.27. The van der Waals surface area contributed by atoms with Gasteiger partial charge in [-0.1, -0.05) is 6.07 Å². The van der Waals surface area contributed by atoms with Crippen LogP contribution in [0.15, 0.2) is 30.5 Å². The Balaban J connectivity index is 1.79. The van der Waals surface area contributed by atoms with E-state index in [0.717, 1.165) is 48.0 Å². The van der Waals surface area contributed by atoms with Crippen LogP contribution in [0.2, 0.25) is 0 Å². The van der Waals surface area contributed by atoms with Crippen LogP contribution in [0.25, 0.3) is 22.2 Å². The first kappa shape index (κ1) is 14.0. The lowest BCUT2D eigenvalue weighted by molar-refractivity contribution is -0.0383. The summed E-state index contributed by atoms with van der Waals surface area (Å²) >= 11 is 0. The quantitative estimate of drug-likeness (QED) is 0.753. The van der Waals surface area contributed by atoms with Gasteiger partial charge in [0.2, 0.25) is 5.95 Å². The summed E-state index contributed by atoms with van der Waals surface area (Å²) in [5, 5.41) is 5.24. The molecule has 118 valence electrons. The molecule has 0 saturated carbocycles. The van der Waals surface area contributed by atoms with Crippen LogP contribution < -0.4 is 11.5 Å². The number of aromatic nitrogens is 4. The largest absolute Gasteiger partial charge is 0.383 e. The maximum absolute atomic E-state index is 5.90. The molecule has 1 atom stereocenters. The minimum absolute atomic E-state index is 0.00927. The fourth-order valence-electron chi connectivity index (χ4n) is 3.02. The van der Waals surface area contributed by atoms with Crippen molar-refractivity contribution in [1.29, 1.82) is 0 Å². The van der Waals surface area contributed by atoms with Crippen LogP contribution in [-0.4, -0.2) is 26.4 Å². The Morgan fingerprint density at radius 2 is 2.04 bits per heavy atom. The van der Waals surface area contributed by atoms with Crippen molar-refractivity contribution in [2.45, 2.75) is 25.5 Å². The summed E-state index contributed by atoms with van der Waals surface area (Å²) in [5.41, 5.74) is 14.3. The number of hydrogen-bond acceptors (Lipinski definition) is 6. The summed E-state index contributed by atoms with van der Waals surface area (Å²) in [6.07, 6.45) is 5.02. The molecule has 1 aromatic carbocycles. The standard InChI is InChI=1S/C16H18N6O/c17-15-11-5-4-10(9-12(11)20-16(18)21-15)13-6-7-19-22(13)14-3-1-2-8-23-14/h4-7,9,14H,1-3,8H2,(H4,17,18,20,21). The third kappa shape index (κ3) is 2.49.